The van der Waals surface area contributed by atoms with Crippen LogP contribution < -0.4 is 11.5 Å². The number of hydrogen-bond acceptors (Lipinski definition) is 4. The minimum absolute atomic E-state index is 0.431. The molecule has 0 radical (unpaired) electrons. The van der Waals surface area contributed by atoms with Crippen LogP contribution in [0.3, 0.4) is 0 Å². The molecule has 1 atom stereocenters. The lowest BCUT2D eigenvalue weighted by Crippen LogP contribution is -2.30. The van der Waals surface area contributed by atoms with Crippen LogP contribution >= 0.6 is 11.8 Å². The zero-order valence-electron chi connectivity index (χ0n) is 7.56. The van der Waals surface area contributed by atoms with Gasteiger partial charge in [-0.25, -0.2) is 0 Å². The molecule has 0 aliphatic rings. The molecular weight excluding hydrogens is 190 g/mol. The van der Waals surface area contributed by atoms with Crippen molar-refractivity contribution in [2.45, 2.75) is 18.9 Å². The van der Waals surface area contributed by atoms with Gasteiger partial charge in [-0.05, 0) is 19.1 Å². The molecule has 0 aromatic rings. The number of aliphatic carboxylic acids is 1. The highest BCUT2D eigenvalue weighted by atomic mass is 32.2. The van der Waals surface area contributed by atoms with Crippen molar-refractivity contribution < 1.29 is 9.90 Å². The second kappa shape index (κ2) is 6.73. The van der Waals surface area contributed by atoms with Crippen LogP contribution in [0.15, 0.2) is 4.99 Å². The summed E-state index contributed by atoms with van der Waals surface area (Å²) in [6.07, 6.45) is 2.91. The molecule has 5 N–H and O–H groups in total. The predicted molar refractivity (Wildman–Crippen MR) is 54.8 cm³/mol. The molecule has 0 rings (SSSR count). The summed E-state index contributed by atoms with van der Waals surface area (Å²) in [5, 5.41) is 8.96. The van der Waals surface area contributed by atoms with Crippen molar-refractivity contribution in [3.05, 3.63) is 0 Å². The second-order valence-electron chi connectivity index (χ2n) is 2.51. The lowest BCUT2D eigenvalue weighted by atomic mass is 10.2. The van der Waals surface area contributed by atoms with Crippen LogP contribution in [0.4, 0.5) is 0 Å². The zero-order valence-corrected chi connectivity index (χ0v) is 8.38. The maximum atomic E-state index is 10.3. The Labute approximate surface area is 81.6 Å². The summed E-state index contributed by atoms with van der Waals surface area (Å²) in [4.78, 5) is 14.3. The van der Waals surface area contributed by atoms with Crippen molar-refractivity contribution in [2.75, 3.05) is 12.8 Å². The lowest BCUT2D eigenvalue weighted by Gasteiger charge is -2.03. The first kappa shape index (κ1) is 12.2. The summed E-state index contributed by atoms with van der Waals surface area (Å²) < 4.78 is 0. The first-order valence-electron chi connectivity index (χ1n) is 3.90. The number of rotatable bonds is 5. The van der Waals surface area contributed by atoms with Crippen molar-refractivity contribution in [2.24, 2.45) is 16.5 Å². The second-order valence-corrected chi connectivity index (χ2v) is 3.34. The normalized spacial score (nSPS) is 14.2. The Hall–Kier alpha value is -0.750. The van der Waals surface area contributed by atoms with E-state index in [-0.39, 0.29) is 0 Å². The maximum absolute atomic E-state index is 10.3. The number of aliphatic imine (C=N–C) groups is 1. The Morgan fingerprint density at radius 1 is 1.69 bits per heavy atom. The molecule has 0 aromatic carbocycles. The standard InChI is InChI=1S/C7H15N3O2S/c1-13-7(9)10-4-2-3-5(8)6(11)12/h5H,2-4,8H2,1H3,(H2,9,10)(H,11,12)/t5-/m1/s1. The van der Waals surface area contributed by atoms with Crippen molar-refractivity contribution in [3.63, 3.8) is 0 Å². The molecule has 0 aromatic heterocycles. The summed E-state index contributed by atoms with van der Waals surface area (Å²) in [7, 11) is 0. The molecule has 0 aliphatic heterocycles. The molecule has 0 bridgehead atoms. The van der Waals surface area contributed by atoms with Crippen molar-refractivity contribution in [1.82, 2.24) is 0 Å². The van der Waals surface area contributed by atoms with Gasteiger partial charge in [0.25, 0.3) is 0 Å². The van der Waals surface area contributed by atoms with E-state index in [0.717, 1.165) is 0 Å². The third kappa shape index (κ3) is 6.41. The minimum Gasteiger partial charge on any atom is -0.480 e. The summed E-state index contributed by atoms with van der Waals surface area (Å²) in [6, 6.07) is -0.786. The third-order valence-corrected chi connectivity index (χ3v) is 2.01. The number of nitrogens with zero attached hydrogens (tertiary/aromatic N) is 1. The van der Waals surface area contributed by atoms with E-state index in [1.807, 2.05) is 6.26 Å². The van der Waals surface area contributed by atoms with Gasteiger partial charge in [-0.15, -0.1) is 0 Å². The first-order chi connectivity index (χ1) is 6.07. The first-order valence-corrected chi connectivity index (χ1v) is 5.12. The summed E-state index contributed by atoms with van der Waals surface area (Å²) in [5.41, 5.74) is 10.7. The van der Waals surface area contributed by atoms with E-state index in [0.29, 0.717) is 24.6 Å². The van der Waals surface area contributed by atoms with E-state index in [9.17, 15) is 4.79 Å². The number of amidine groups is 1. The van der Waals surface area contributed by atoms with Crippen LogP contribution in [0.1, 0.15) is 12.8 Å². The minimum atomic E-state index is -0.971. The van der Waals surface area contributed by atoms with Crippen LogP contribution in [0.25, 0.3) is 0 Å². The summed E-state index contributed by atoms with van der Waals surface area (Å²) >= 11 is 1.37. The monoisotopic (exact) mass is 205 g/mol. The predicted octanol–water partition coefficient (Wildman–Crippen LogP) is -0.144. The van der Waals surface area contributed by atoms with Gasteiger partial charge in [0.2, 0.25) is 0 Å². The molecule has 0 unspecified atom stereocenters. The number of carboxylic acid groups (broad SMARTS) is 1. The van der Waals surface area contributed by atoms with E-state index < -0.39 is 12.0 Å². The fourth-order valence-electron chi connectivity index (χ4n) is 0.688. The molecule has 13 heavy (non-hydrogen) atoms. The molecule has 0 fully saturated rings. The molecule has 6 heteroatoms. The number of thioether (sulfide) groups is 1. The summed E-state index contributed by atoms with van der Waals surface area (Å²) in [5.74, 6) is -0.971. The van der Waals surface area contributed by atoms with Crippen molar-refractivity contribution >= 4 is 22.9 Å². The Bertz CT molecular complexity index is 196. The number of nitrogens with two attached hydrogens (primary N) is 2. The summed E-state index contributed by atoms with van der Waals surface area (Å²) in [6.45, 7) is 0.535. The zero-order chi connectivity index (χ0) is 10.3. The van der Waals surface area contributed by atoms with Crippen LogP contribution in [0.2, 0.25) is 0 Å². The van der Waals surface area contributed by atoms with Gasteiger partial charge in [-0.2, -0.15) is 0 Å². The highest BCUT2D eigenvalue weighted by Crippen LogP contribution is 1.97. The van der Waals surface area contributed by atoms with Gasteiger partial charge in [-0.1, -0.05) is 11.8 Å². The molecule has 0 heterocycles. The quantitative estimate of drug-likeness (QED) is 0.329. The Morgan fingerprint density at radius 3 is 2.77 bits per heavy atom. The Morgan fingerprint density at radius 2 is 2.31 bits per heavy atom. The van der Waals surface area contributed by atoms with Gasteiger partial charge >= 0.3 is 5.97 Å². The van der Waals surface area contributed by atoms with Crippen LogP contribution in [-0.2, 0) is 4.79 Å². The molecule has 0 amide bonds. The highest BCUT2D eigenvalue weighted by molar-refractivity contribution is 8.13. The molecule has 0 spiro atoms. The number of hydrogen-bond donors (Lipinski definition) is 3. The SMILES string of the molecule is CSC(N)=NCCC[C@@H](N)C(=O)O. The highest BCUT2D eigenvalue weighted by Gasteiger charge is 2.09. The van der Waals surface area contributed by atoms with Crippen molar-refractivity contribution in [3.8, 4) is 0 Å². The lowest BCUT2D eigenvalue weighted by molar-refractivity contribution is -0.138. The van der Waals surface area contributed by atoms with E-state index in [4.69, 9.17) is 16.6 Å². The number of carboxylic acids is 1. The third-order valence-electron chi connectivity index (χ3n) is 1.47. The fraction of sp³-hybridized carbons (Fsp3) is 0.714. The molecule has 0 aliphatic carbocycles. The average Bonchev–Trinajstić information content (AvgIpc) is 2.11. The molecule has 5 nitrogen and oxygen atoms in total. The maximum Gasteiger partial charge on any atom is 0.320 e. The Balaban J connectivity index is 3.51. The van der Waals surface area contributed by atoms with Gasteiger partial charge in [0.15, 0.2) is 5.17 Å². The topological polar surface area (TPSA) is 102 Å². The molecule has 0 saturated heterocycles. The van der Waals surface area contributed by atoms with Gasteiger partial charge in [0.05, 0.1) is 0 Å². The van der Waals surface area contributed by atoms with Crippen LogP contribution in [0.5, 0.6) is 0 Å². The molecular formula is C7H15N3O2S. The van der Waals surface area contributed by atoms with E-state index in [1.54, 1.807) is 0 Å². The average molecular weight is 205 g/mol. The van der Waals surface area contributed by atoms with Gasteiger partial charge < -0.3 is 16.6 Å². The van der Waals surface area contributed by atoms with Gasteiger partial charge in [0, 0.05) is 6.54 Å². The van der Waals surface area contributed by atoms with Crippen LogP contribution in [0, 0.1) is 0 Å². The van der Waals surface area contributed by atoms with E-state index >= 15 is 0 Å². The van der Waals surface area contributed by atoms with E-state index in [1.165, 1.54) is 11.8 Å². The fourth-order valence-corrected chi connectivity index (χ4v) is 0.909. The smallest absolute Gasteiger partial charge is 0.320 e. The Kier molecular flexibility index (Phi) is 6.34. The van der Waals surface area contributed by atoms with Gasteiger partial charge in [0.1, 0.15) is 6.04 Å². The molecule has 0 saturated carbocycles. The van der Waals surface area contributed by atoms with E-state index in [2.05, 4.69) is 4.99 Å². The van der Waals surface area contributed by atoms with Crippen molar-refractivity contribution in [1.29, 1.82) is 0 Å². The molecule has 76 valence electrons. The number of carbonyl (C=O) groups is 1. The van der Waals surface area contributed by atoms with Crippen LogP contribution in [-0.4, -0.2) is 35.1 Å². The largest absolute Gasteiger partial charge is 0.480 e. The van der Waals surface area contributed by atoms with Gasteiger partial charge in [-0.3, -0.25) is 9.79 Å².